The number of hydrogen-bond acceptors (Lipinski definition) is 5. The van der Waals surface area contributed by atoms with Gasteiger partial charge in [-0.25, -0.2) is 8.42 Å². The molecule has 1 saturated heterocycles. The average Bonchev–Trinajstić information content (AvgIpc) is 2.47. The van der Waals surface area contributed by atoms with Gasteiger partial charge in [0.05, 0.1) is 14.2 Å². The quantitative estimate of drug-likeness (QED) is 0.828. The highest BCUT2D eigenvalue weighted by atomic mass is 79.9. The third kappa shape index (κ3) is 3.81. The second kappa shape index (κ2) is 7.64. The Balaban J connectivity index is 0.00000220. The molecular formula is C12H18BrClN2O4S. The van der Waals surface area contributed by atoms with E-state index in [1.165, 1.54) is 24.6 Å². The molecular weight excluding hydrogens is 384 g/mol. The summed E-state index contributed by atoms with van der Waals surface area (Å²) in [5.41, 5.74) is 0. The third-order valence-electron chi connectivity index (χ3n) is 3.13. The highest BCUT2D eigenvalue weighted by molar-refractivity contribution is 9.10. The normalized spacial score (nSPS) is 16.1. The zero-order chi connectivity index (χ0) is 14.8. The number of sulfonamides is 1. The smallest absolute Gasteiger partial charge is 0.244 e. The number of nitrogens with one attached hydrogen (secondary N) is 1. The van der Waals surface area contributed by atoms with E-state index < -0.39 is 10.0 Å². The monoisotopic (exact) mass is 400 g/mol. The lowest BCUT2D eigenvalue weighted by atomic mass is 10.3. The molecule has 9 heteroatoms. The molecule has 0 bridgehead atoms. The Labute approximate surface area is 139 Å². The average molecular weight is 402 g/mol. The third-order valence-corrected chi connectivity index (χ3v) is 5.99. The van der Waals surface area contributed by atoms with E-state index in [0.717, 1.165) is 0 Å². The first-order chi connectivity index (χ1) is 9.50. The van der Waals surface area contributed by atoms with Crippen molar-refractivity contribution in [3.63, 3.8) is 0 Å². The van der Waals surface area contributed by atoms with Crippen LogP contribution in [0.3, 0.4) is 0 Å². The number of methoxy groups -OCH3 is 2. The molecule has 0 spiro atoms. The van der Waals surface area contributed by atoms with Crippen LogP contribution in [-0.2, 0) is 10.0 Å². The molecule has 0 amide bonds. The van der Waals surface area contributed by atoms with Gasteiger partial charge in [-0.15, -0.1) is 12.4 Å². The molecule has 1 aromatic carbocycles. The molecule has 1 heterocycles. The van der Waals surface area contributed by atoms with Crippen molar-refractivity contribution in [3.05, 3.63) is 16.6 Å². The summed E-state index contributed by atoms with van der Waals surface area (Å²) in [5, 5.41) is 3.13. The van der Waals surface area contributed by atoms with Crippen LogP contribution < -0.4 is 14.8 Å². The Kier molecular flexibility index (Phi) is 6.73. The lowest BCUT2D eigenvalue weighted by Crippen LogP contribution is -2.46. The van der Waals surface area contributed by atoms with Gasteiger partial charge in [0.25, 0.3) is 0 Å². The SMILES string of the molecule is COc1cc(Br)c(S(=O)(=O)N2CCNCC2)cc1OC.Cl. The van der Waals surface area contributed by atoms with Crippen LogP contribution in [0.4, 0.5) is 0 Å². The van der Waals surface area contributed by atoms with Gasteiger partial charge in [-0.3, -0.25) is 0 Å². The molecule has 1 aliphatic heterocycles. The molecule has 21 heavy (non-hydrogen) atoms. The first-order valence-electron chi connectivity index (χ1n) is 6.13. The van der Waals surface area contributed by atoms with Crippen molar-refractivity contribution < 1.29 is 17.9 Å². The van der Waals surface area contributed by atoms with E-state index in [1.807, 2.05) is 0 Å². The van der Waals surface area contributed by atoms with Crippen molar-refractivity contribution >= 4 is 38.4 Å². The molecule has 0 saturated carbocycles. The van der Waals surface area contributed by atoms with Gasteiger partial charge in [0.2, 0.25) is 10.0 Å². The van der Waals surface area contributed by atoms with Gasteiger partial charge in [-0.1, -0.05) is 0 Å². The summed E-state index contributed by atoms with van der Waals surface area (Å²) >= 11 is 3.30. The summed E-state index contributed by atoms with van der Waals surface area (Å²) in [7, 11) is -0.552. The van der Waals surface area contributed by atoms with Gasteiger partial charge in [0, 0.05) is 36.7 Å². The molecule has 0 aliphatic carbocycles. The van der Waals surface area contributed by atoms with E-state index in [9.17, 15) is 8.42 Å². The zero-order valence-electron chi connectivity index (χ0n) is 11.8. The van der Waals surface area contributed by atoms with E-state index >= 15 is 0 Å². The summed E-state index contributed by atoms with van der Waals surface area (Å²) in [5.74, 6) is 0.878. The van der Waals surface area contributed by atoms with E-state index in [0.29, 0.717) is 42.2 Å². The van der Waals surface area contributed by atoms with Gasteiger partial charge < -0.3 is 14.8 Å². The van der Waals surface area contributed by atoms with Crippen molar-refractivity contribution in [1.29, 1.82) is 0 Å². The predicted molar refractivity (Wildman–Crippen MR) is 86.1 cm³/mol. The second-order valence-corrected chi connectivity index (χ2v) is 7.05. The summed E-state index contributed by atoms with van der Waals surface area (Å²) in [6.07, 6.45) is 0. The van der Waals surface area contributed by atoms with Crippen LogP contribution in [0.15, 0.2) is 21.5 Å². The Bertz CT molecular complexity index is 591. The van der Waals surface area contributed by atoms with E-state index in [4.69, 9.17) is 9.47 Å². The highest BCUT2D eigenvalue weighted by Crippen LogP contribution is 2.36. The largest absolute Gasteiger partial charge is 0.493 e. The van der Waals surface area contributed by atoms with Gasteiger partial charge in [-0.2, -0.15) is 4.31 Å². The Morgan fingerprint density at radius 1 is 1.14 bits per heavy atom. The molecule has 0 atom stereocenters. The number of ether oxygens (including phenoxy) is 2. The van der Waals surface area contributed by atoms with Crippen LogP contribution >= 0.6 is 28.3 Å². The Morgan fingerprint density at radius 3 is 2.19 bits per heavy atom. The zero-order valence-corrected chi connectivity index (χ0v) is 15.0. The van der Waals surface area contributed by atoms with E-state index in [1.54, 1.807) is 6.07 Å². The van der Waals surface area contributed by atoms with Gasteiger partial charge in [0.1, 0.15) is 4.90 Å². The minimum Gasteiger partial charge on any atom is -0.493 e. The molecule has 0 unspecified atom stereocenters. The fraction of sp³-hybridized carbons (Fsp3) is 0.500. The number of hydrogen-bond donors (Lipinski definition) is 1. The summed E-state index contributed by atoms with van der Waals surface area (Å²) < 4.78 is 37.6. The number of benzene rings is 1. The summed E-state index contributed by atoms with van der Waals surface area (Å²) in [6.45, 7) is 2.24. The van der Waals surface area contributed by atoms with E-state index in [2.05, 4.69) is 21.2 Å². The van der Waals surface area contributed by atoms with Crippen LogP contribution in [-0.4, -0.2) is 53.1 Å². The molecule has 1 fully saturated rings. The number of halogens is 2. The minimum atomic E-state index is -3.54. The summed E-state index contributed by atoms with van der Waals surface area (Å²) in [6, 6.07) is 3.09. The molecule has 0 aromatic heterocycles. The topological polar surface area (TPSA) is 67.9 Å². The highest BCUT2D eigenvalue weighted by Gasteiger charge is 2.29. The first-order valence-corrected chi connectivity index (χ1v) is 8.36. The lowest BCUT2D eigenvalue weighted by Gasteiger charge is -2.27. The second-order valence-electron chi connectivity index (χ2n) is 4.29. The Morgan fingerprint density at radius 2 is 1.67 bits per heavy atom. The Hall–Kier alpha value is -0.540. The molecule has 0 radical (unpaired) electrons. The first kappa shape index (κ1) is 18.5. The number of piperazine rings is 1. The molecule has 6 nitrogen and oxygen atoms in total. The van der Waals surface area contributed by atoms with E-state index in [-0.39, 0.29) is 17.3 Å². The number of rotatable bonds is 4. The van der Waals surface area contributed by atoms with Crippen LogP contribution in [0, 0.1) is 0 Å². The molecule has 1 aliphatic rings. The van der Waals surface area contributed by atoms with Gasteiger partial charge in [-0.05, 0) is 22.0 Å². The predicted octanol–water partition coefficient (Wildman–Crippen LogP) is 1.48. The van der Waals surface area contributed by atoms with Gasteiger partial charge in [0.15, 0.2) is 11.5 Å². The van der Waals surface area contributed by atoms with Crippen molar-refractivity contribution in [3.8, 4) is 11.5 Å². The number of nitrogens with zero attached hydrogens (tertiary/aromatic N) is 1. The maximum Gasteiger partial charge on any atom is 0.244 e. The minimum absolute atomic E-state index is 0. The fourth-order valence-corrected chi connectivity index (χ4v) is 4.50. The fourth-order valence-electron chi connectivity index (χ4n) is 2.06. The van der Waals surface area contributed by atoms with Crippen molar-refractivity contribution in [2.45, 2.75) is 4.90 Å². The maximum atomic E-state index is 12.6. The molecule has 120 valence electrons. The van der Waals surface area contributed by atoms with Crippen LogP contribution in [0.25, 0.3) is 0 Å². The van der Waals surface area contributed by atoms with Crippen LogP contribution in [0.2, 0.25) is 0 Å². The standard InChI is InChI=1S/C12H17BrN2O4S.ClH/c1-18-10-7-9(13)12(8-11(10)19-2)20(16,17)15-5-3-14-4-6-15;/h7-8,14H,3-6H2,1-2H3;1H. The van der Waals surface area contributed by atoms with Crippen LogP contribution in [0.1, 0.15) is 0 Å². The summed E-state index contributed by atoms with van der Waals surface area (Å²) in [4.78, 5) is 0.192. The van der Waals surface area contributed by atoms with Crippen LogP contribution in [0.5, 0.6) is 11.5 Å². The van der Waals surface area contributed by atoms with Crippen molar-refractivity contribution in [2.75, 3.05) is 40.4 Å². The molecule has 2 rings (SSSR count). The van der Waals surface area contributed by atoms with Gasteiger partial charge >= 0.3 is 0 Å². The molecule has 1 aromatic rings. The lowest BCUT2D eigenvalue weighted by molar-refractivity contribution is 0.350. The van der Waals surface area contributed by atoms with Crippen molar-refractivity contribution in [2.24, 2.45) is 0 Å². The van der Waals surface area contributed by atoms with Crippen molar-refractivity contribution in [1.82, 2.24) is 9.62 Å². The maximum absolute atomic E-state index is 12.6. The molecule has 1 N–H and O–H groups in total.